The predicted octanol–water partition coefficient (Wildman–Crippen LogP) is 4.87. The Morgan fingerprint density at radius 2 is 1.97 bits per heavy atom. The summed E-state index contributed by atoms with van der Waals surface area (Å²) >= 11 is 0. The Morgan fingerprint density at radius 1 is 1.25 bits per heavy atom. The number of carbonyl (C=O) groups is 1. The summed E-state index contributed by atoms with van der Waals surface area (Å²) < 4.78 is 7.59. The molecular formula is C25H33N3O4. The molecule has 2 unspecified atom stereocenters. The number of fused-ring (bicyclic) bond motifs is 3. The smallest absolute Gasteiger partial charge is 0.404 e. The van der Waals surface area contributed by atoms with Gasteiger partial charge in [0.1, 0.15) is 12.4 Å². The summed E-state index contributed by atoms with van der Waals surface area (Å²) in [6, 6.07) is 7.17. The molecule has 7 nitrogen and oxygen atoms in total. The van der Waals surface area contributed by atoms with E-state index in [4.69, 9.17) is 4.74 Å². The molecule has 0 aliphatic rings. The Labute approximate surface area is 188 Å². The van der Waals surface area contributed by atoms with Gasteiger partial charge >= 0.3 is 6.09 Å². The van der Waals surface area contributed by atoms with E-state index < -0.39 is 6.09 Å². The maximum absolute atomic E-state index is 12.9. The van der Waals surface area contributed by atoms with Gasteiger partial charge in [-0.05, 0) is 54.7 Å². The van der Waals surface area contributed by atoms with Gasteiger partial charge in [-0.1, -0.05) is 27.7 Å². The molecule has 0 bridgehead atoms. The second kappa shape index (κ2) is 9.18. The molecular weight excluding hydrogens is 406 g/mol. The van der Waals surface area contributed by atoms with E-state index in [0.717, 1.165) is 22.7 Å². The number of rotatable bonds is 7. The molecule has 0 aliphatic carbocycles. The second-order valence-corrected chi connectivity index (χ2v) is 9.93. The Kier molecular flexibility index (Phi) is 6.77. The van der Waals surface area contributed by atoms with Crippen LogP contribution in [0.15, 0.2) is 35.3 Å². The van der Waals surface area contributed by atoms with E-state index in [0.29, 0.717) is 29.2 Å². The molecule has 2 N–H and O–H groups in total. The van der Waals surface area contributed by atoms with Crippen molar-refractivity contribution >= 4 is 27.8 Å². The molecule has 32 heavy (non-hydrogen) atoms. The van der Waals surface area contributed by atoms with Gasteiger partial charge in [-0.2, -0.15) is 0 Å². The van der Waals surface area contributed by atoms with Crippen LogP contribution in [-0.2, 0) is 7.05 Å². The van der Waals surface area contributed by atoms with E-state index in [-0.39, 0.29) is 23.6 Å². The zero-order valence-electron chi connectivity index (χ0n) is 19.7. The fourth-order valence-electron chi connectivity index (χ4n) is 4.60. The minimum atomic E-state index is -1.06. The van der Waals surface area contributed by atoms with E-state index in [1.54, 1.807) is 17.8 Å². The Hall–Kier alpha value is -3.09. The van der Waals surface area contributed by atoms with Gasteiger partial charge in [0, 0.05) is 24.7 Å². The SMILES string of the molecule is Cc1nccc2c1c(=O)n(C)c1cc(OCC(CC(C)CC(C)(C)C)NC(=O)O)ccc21. The molecule has 1 aromatic carbocycles. The third-order valence-electron chi connectivity index (χ3n) is 5.71. The predicted molar refractivity (Wildman–Crippen MR) is 128 cm³/mol. The lowest BCUT2D eigenvalue weighted by atomic mass is 9.83. The number of ether oxygens (including phenoxy) is 1. The highest BCUT2D eigenvalue weighted by Gasteiger charge is 2.21. The van der Waals surface area contributed by atoms with Crippen molar-refractivity contribution in [2.45, 2.75) is 53.5 Å². The fourth-order valence-corrected chi connectivity index (χ4v) is 4.60. The van der Waals surface area contributed by atoms with E-state index in [1.807, 2.05) is 31.2 Å². The summed E-state index contributed by atoms with van der Waals surface area (Å²) in [5.41, 5.74) is 1.54. The van der Waals surface area contributed by atoms with Crippen LogP contribution >= 0.6 is 0 Å². The zero-order valence-corrected chi connectivity index (χ0v) is 19.7. The highest BCUT2D eigenvalue weighted by atomic mass is 16.5. The summed E-state index contributed by atoms with van der Waals surface area (Å²) in [7, 11) is 1.74. The van der Waals surface area contributed by atoms with Crippen LogP contribution in [0, 0.1) is 18.3 Å². The van der Waals surface area contributed by atoms with Gasteiger partial charge in [-0.3, -0.25) is 9.78 Å². The molecule has 1 amide bonds. The van der Waals surface area contributed by atoms with Gasteiger partial charge in [0.15, 0.2) is 0 Å². The number of pyridine rings is 2. The number of hydrogen-bond donors (Lipinski definition) is 2. The van der Waals surface area contributed by atoms with Crippen molar-refractivity contribution in [2.75, 3.05) is 6.61 Å². The van der Waals surface area contributed by atoms with E-state index >= 15 is 0 Å². The van der Waals surface area contributed by atoms with Crippen molar-refractivity contribution in [1.29, 1.82) is 0 Å². The van der Waals surface area contributed by atoms with Crippen molar-refractivity contribution < 1.29 is 14.6 Å². The highest BCUT2D eigenvalue weighted by molar-refractivity contribution is 6.06. The minimum Gasteiger partial charge on any atom is -0.491 e. The van der Waals surface area contributed by atoms with Crippen molar-refractivity contribution in [2.24, 2.45) is 18.4 Å². The minimum absolute atomic E-state index is 0.100. The van der Waals surface area contributed by atoms with E-state index in [9.17, 15) is 14.7 Å². The van der Waals surface area contributed by atoms with Crippen molar-refractivity contribution in [3.05, 3.63) is 46.5 Å². The zero-order chi connectivity index (χ0) is 23.6. The Bertz CT molecular complexity index is 1190. The maximum Gasteiger partial charge on any atom is 0.404 e. The molecule has 0 fully saturated rings. The first kappa shape index (κ1) is 23.6. The first-order valence-electron chi connectivity index (χ1n) is 11.0. The molecule has 2 heterocycles. The topological polar surface area (TPSA) is 93.5 Å². The molecule has 0 saturated heterocycles. The molecule has 0 radical (unpaired) electrons. The van der Waals surface area contributed by atoms with Crippen LogP contribution in [0.25, 0.3) is 21.7 Å². The summed E-state index contributed by atoms with van der Waals surface area (Å²) in [5, 5.41) is 14.3. The molecule has 3 aromatic rings. The summed E-state index contributed by atoms with van der Waals surface area (Å²) in [6.07, 6.45) is 2.33. The molecule has 172 valence electrons. The van der Waals surface area contributed by atoms with Crippen LogP contribution in [-0.4, -0.2) is 33.4 Å². The molecule has 7 heteroatoms. The summed E-state index contributed by atoms with van der Waals surface area (Å²) in [6.45, 7) is 10.7. The van der Waals surface area contributed by atoms with Gasteiger partial charge in [-0.15, -0.1) is 0 Å². The normalized spacial score (nSPS) is 13.8. The largest absolute Gasteiger partial charge is 0.491 e. The first-order valence-corrected chi connectivity index (χ1v) is 11.0. The van der Waals surface area contributed by atoms with Crippen LogP contribution in [0.3, 0.4) is 0 Å². The number of nitrogens with zero attached hydrogens (tertiary/aromatic N) is 2. The molecule has 2 aromatic heterocycles. The van der Waals surface area contributed by atoms with Crippen LogP contribution < -0.4 is 15.6 Å². The first-order chi connectivity index (χ1) is 15.0. The van der Waals surface area contributed by atoms with Gasteiger partial charge in [-0.25, -0.2) is 4.79 Å². The average Bonchev–Trinajstić information content (AvgIpc) is 2.68. The van der Waals surface area contributed by atoms with Crippen LogP contribution in [0.2, 0.25) is 0 Å². The molecule has 3 rings (SSSR count). The quantitative estimate of drug-likeness (QED) is 0.512. The number of benzene rings is 1. The van der Waals surface area contributed by atoms with E-state index in [2.05, 4.69) is 38.0 Å². The summed E-state index contributed by atoms with van der Waals surface area (Å²) in [4.78, 5) is 28.4. The number of nitrogens with one attached hydrogen (secondary N) is 1. The summed E-state index contributed by atoms with van der Waals surface area (Å²) in [5.74, 6) is 0.939. The standard InChI is InChI=1S/C25H33N3O4/c1-15(13-25(3,4)5)11-17(27-24(30)31)14-32-18-7-8-19-20-9-10-26-16(2)22(20)23(29)28(6)21(19)12-18/h7-10,12,15,17,27H,11,13-14H2,1-6H3,(H,30,31). The van der Waals surface area contributed by atoms with Crippen LogP contribution in [0.4, 0.5) is 4.79 Å². The third-order valence-corrected chi connectivity index (χ3v) is 5.71. The van der Waals surface area contributed by atoms with Crippen molar-refractivity contribution in [1.82, 2.24) is 14.9 Å². The molecule has 0 spiro atoms. The second-order valence-electron chi connectivity index (χ2n) is 9.93. The Morgan fingerprint density at radius 3 is 2.62 bits per heavy atom. The highest BCUT2D eigenvalue weighted by Crippen LogP contribution is 2.28. The number of aryl methyl sites for hydroxylation is 2. The monoisotopic (exact) mass is 439 g/mol. The lowest BCUT2D eigenvalue weighted by Crippen LogP contribution is -2.39. The lowest BCUT2D eigenvalue weighted by molar-refractivity contribution is 0.172. The van der Waals surface area contributed by atoms with Gasteiger partial charge in [0.05, 0.1) is 22.6 Å². The van der Waals surface area contributed by atoms with Gasteiger partial charge in [0.25, 0.3) is 5.56 Å². The van der Waals surface area contributed by atoms with Crippen LogP contribution in [0.1, 0.15) is 46.2 Å². The molecule has 0 saturated carbocycles. The number of aromatic nitrogens is 2. The Balaban J connectivity index is 1.86. The van der Waals surface area contributed by atoms with E-state index in [1.165, 1.54) is 0 Å². The third kappa shape index (κ3) is 5.39. The number of hydrogen-bond acceptors (Lipinski definition) is 4. The lowest BCUT2D eigenvalue weighted by Gasteiger charge is -2.26. The van der Waals surface area contributed by atoms with Gasteiger partial charge < -0.3 is 19.7 Å². The average molecular weight is 440 g/mol. The maximum atomic E-state index is 12.9. The van der Waals surface area contributed by atoms with Crippen molar-refractivity contribution in [3.8, 4) is 5.75 Å². The van der Waals surface area contributed by atoms with Crippen LogP contribution in [0.5, 0.6) is 5.75 Å². The molecule has 0 aliphatic heterocycles. The number of carboxylic acid groups (broad SMARTS) is 1. The molecule has 2 atom stereocenters. The number of amides is 1. The van der Waals surface area contributed by atoms with Crippen molar-refractivity contribution in [3.63, 3.8) is 0 Å². The van der Waals surface area contributed by atoms with Gasteiger partial charge in [0.2, 0.25) is 0 Å². The fraction of sp³-hybridized carbons (Fsp3) is 0.480.